The minimum absolute atomic E-state index is 0.172. The van der Waals surface area contributed by atoms with Gasteiger partial charge in [-0.3, -0.25) is 5.32 Å². The number of rotatable bonds is 9. The third-order valence-electron chi connectivity index (χ3n) is 3.54. The predicted molar refractivity (Wildman–Crippen MR) is 98.5 cm³/mol. The van der Waals surface area contributed by atoms with Gasteiger partial charge in [0.15, 0.2) is 0 Å². The first-order chi connectivity index (χ1) is 12.6. The highest BCUT2D eigenvalue weighted by molar-refractivity contribution is 5.84. The molecule has 0 aliphatic carbocycles. The molecule has 7 heteroatoms. The maximum absolute atomic E-state index is 11.3. The quantitative estimate of drug-likeness (QED) is 0.513. The summed E-state index contributed by atoms with van der Waals surface area (Å²) < 4.78 is 10.4. The number of hydrogen-bond acceptors (Lipinski definition) is 6. The molecule has 140 valence electrons. The Labute approximate surface area is 152 Å². The number of aromatic hydroxyl groups is 1. The summed E-state index contributed by atoms with van der Waals surface area (Å²) >= 11 is 0. The van der Waals surface area contributed by atoms with Gasteiger partial charge in [-0.15, -0.1) is 0 Å². The van der Waals surface area contributed by atoms with Crippen molar-refractivity contribution in [2.24, 2.45) is 0 Å². The number of aliphatic hydroxyl groups is 1. The fraction of sp³-hybridized carbons (Fsp3) is 0.316. The fourth-order valence-electron chi connectivity index (χ4n) is 2.21. The highest BCUT2D eigenvalue weighted by Gasteiger charge is 2.06. The van der Waals surface area contributed by atoms with Crippen LogP contribution in [0.2, 0.25) is 0 Å². The minimum Gasteiger partial charge on any atom is -0.508 e. The molecule has 0 saturated heterocycles. The molecule has 26 heavy (non-hydrogen) atoms. The van der Waals surface area contributed by atoms with E-state index in [9.17, 15) is 15.0 Å². The van der Waals surface area contributed by atoms with Crippen molar-refractivity contribution in [1.29, 1.82) is 0 Å². The Balaban J connectivity index is 1.65. The lowest BCUT2D eigenvalue weighted by Crippen LogP contribution is -2.26. The number of carbonyl (C=O) groups excluding carboxylic acids is 1. The van der Waals surface area contributed by atoms with Crippen LogP contribution in [0.15, 0.2) is 48.5 Å². The van der Waals surface area contributed by atoms with E-state index >= 15 is 0 Å². The molecule has 4 N–H and O–H groups in total. The van der Waals surface area contributed by atoms with E-state index in [-0.39, 0.29) is 5.75 Å². The Bertz CT molecular complexity index is 673. The van der Waals surface area contributed by atoms with Crippen LogP contribution in [0, 0.1) is 0 Å². The Morgan fingerprint density at radius 1 is 1.12 bits per heavy atom. The lowest BCUT2D eigenvalue weighted by Gasteiger charge is -2.13. The van der Waals surface area contributed by atoms with Crippen LogP contribution in [0.4, 0.5) is 10.5 Å². The van der Waals surface area contributed by atoms with E-state index in [0.29, 0.717) is 37.7 Å². The summed E-state index contributed by atoms with van der Waals surface area (Å²) in [5, 5.41) is 25.0. The number of amides is 1. The molecule has 0 radical (unpaired) electrons. The van der Waals surface area contributed by atoms with Crippen molar-refractivity contribution >= 4 is 11.8 Å². The second kappa shape index (κ2) is 10.3. The van der Waals surface area contributed by atoms with E-state index in [1.165, 1.54) is 0 Å². The van der Waals surface area contributed by atoms with Crippen molar-refractivity contribution in [2.45, 2.75) is 13.0 Å². The summed E-state index contributed by atoms with van der Waals surface area (Å²) in [4.78, 5) is 11.3. The highest BCUT2D eigenvalue weighted by atomic mass is 16.5. The number of nitrogens with one attached hydrogen (secondary N) is 2. The number of anilines is 1. The average molecular weight is 360 g/mol. The molecule has 0 aliphatic heterocycles. The van der Waals surface area contributed by atoms with Crippen LogP contribution in [0.5, 0.6) is 11.5 Å². The maximum atomic E-state index is 11.3. The van der Waals surface area contributed by atoms with Gasteiger partial charge in [-0.05, 0) is 48.9 Å². The smallest absolute Gasteiger partial charge is 0.411 e. The molecule has 1 amide bonds. The molecule has 2 rings (SSSR count). The fourth-order valence-corrected chi connectivity index (χ4v) is 2.21. The summed E-state index contributed by atoms with van der Waals surface area (Å²) in [5.41, 5.74) is 1.37. The van der Waals surface area contributed by atoms with Gasteiger partial charge >= 0.3 is 6.09 Å². The van der Waals surface area contributed by atoms with Crippen LogP contribution < -0.4 is 15.4 Å². The lowest BCUT2D eigenvalue weighted by atomic mass is 10.1. The van der Waals surface area contributed by atoms with Crippen LogP contribution in [-0.2, 0) is 4.74 Å². The Kier molecular flexibility index (Phi) is 7.73. The normalized spacial score (nSPS) is 11.6. The third kappa shape index (κ3) is 6.62. The van der Waals surface area contributed by atoms with Gasteiger partial charge < -0.3 is 25.0 Å². The van der Waals surface area contributed by atoms with Crippen molar-refractivity contribution in [3.8, 4) is 11.5 Å². The summed E-state index contributed by atoms with van der Waals surface area (Å²) in [7, 11) is 0. The zero-order valence-electron chi connectivity index (χ0n) is 14.6. The Hall–Kier alpha value is -2.77. The molecule has 0 saturated carbocycles. The van der Waals surface area contributed by atoms with E-state index in [1.54, 1.807) is 55.5 Å². The first kappa shape index (κ1) is 19.6. The predicted octanol–water partition coefficient (Wildman–Crippen LogP) is 2.66. The van der Waals surface area contributed by atoms with Crippen LogP contribution in [-0.4, -0.2) is 42.6 Å². The number of phenols is 1. The van der Waals surface area contributed by atoms with Crippen molar-refractivity contribution in [3.05, 3.63) is 54.1 Å². The van der Waals surface area contributed by atoms with Crippen molar-refractivity contribution in [3.63, 3.8) is 0 Å². The molecule has 2 aromatic carbocycles. The van der Waals surface area contributed by atoms with E-state index in [2.05, 4.69) is 10.6 Å². The topological polar surface area (TPSA) is 100 Å². The van der Waals surface area contributed by atoms with Crippen molar-refractivity contribution < 1.29 is 24.5 Å². The van der Waals surface area contributed by atoms with Gasteiger partial charge in [0, 0.05) is 18.8 Å². The van der Waals surface area contributed by atoms with Crippen LogP contribution in [0.3, 0.4) is 0 Å². The summed E-state index contributed by atoms with van der Waals surface area (Å²) in [6.45, 7) is 3.46. The molecule has 0 aromatic heterocycles. The SMILES string of the molecule is CCOC(=O)Nc1ccc(OCCNCC(O)c2ccc(O)cc2)cc1. The molecule has 0 heterocycles. The summed E-state index contributed by atoms with van der Waals surface area (Å²) in [5.74, 6) is 0.853. The molecule has 0 aliphatic rings. The second-order valence-corrected chi connectivity index (χ2v) is 5.53. The molecular weight excluding hydrogens is 336 g/mol. The first-order valence-electron chi connectivity index (χ1n) is 8.43. The van der Waals surface area contributed by atoms with Gasteiger partial charge in [-0.2, -0.15) is 0 Å². The van der Waals surface area contributed by atoms with Crippen molar-refractivity contribution in [2.75, 3.05) is 31.6 Å². The van der Waals surface area contributed by atoms with Gasteiger partial charge in [0.05, 0.1) is 12.7 Å². The number of ether oxygens (including phenoxy) is 2. The summed E-state index contributed by atoms with van der Waals surface area (Å²) in [6.07, 6.45) is -1.14. The molecule has 1 unspecified atom stereocenters. The largest absolute Gasteiger partial charge is 0.508 e. The zero-order chi connectivity index (χ0) is 18.8. The maximum Gasteiger partial charge on any atom is 0.411 e. The van der Waals surface area contributed by atoms with E-state index < -0.39 is 12.2 Å². The Morgan fingerprint density at radius 2 is 1.81 bits per heavy atom. The first-order valence-corrected chi connectivity index (χ1v) is 8.43. The zero-order valence-corrected chi connectivity index (χ0v) is 14.6. The number of hydrogen-bond donors (Lipinski definition) is 4. The van der Waals surface area contributed by atoms with Gasteiger partial charge in [0.25, 0.3) is 0 Å². The highest BCUT2D eigenvalue weighted by Crippen LogP contribution is 2.17. The van der Waals surface area contributed by atoms with Gasteiger partial charge in [0.1, 0.15) is 18.1 Å². The molecule has 0 bridgehead atoms. The second-order valence-electron chi connectivity index (χ2n) is 5.53. The Morgan fingerprint density at radius 3 is 2.46 bits per heavy atom. The number of phenolic OH excluding ortho intramolecular Hbond substituents is 1. The minimum atomic E-state index is -0.649. The van der Waals surface area contributed by atoms with Gasteiger partial charge in [-0.25, -0.2) is 4.79 Å². The number of aliphatic hydroxyl groups excluding tert-OH is 1. The van der Waals surface area contributed by atoms with E-state index in [4.69, 9.17) is 9.47 Å². The number of carbonyl (C=O) groups is 1. The van der Waals surface area contributed by atoms with E-state index in [1.807, 2.05) is 0 Å². The van der Waals surface area contributed by atoms with Crippen LogP contribution in [0.1, 0.15) is 18.6 Å². The molecule has 1 atom stereocenters. The molecule has 0 fully saturated rings. The molecule has 7 nitrogen and oxygen atoms in total. The standard InChI is InChI=1S/C19H24N2O5/c1-2-25-19(24)21-15-5-9-17(10-6-15)26-12-11-20-13-18(23)14-3-7-16(22)8-4-14/h3-10,18,20,22-23H,2,11-13H2,1H3,(H,21,24). The average Bonchev–Trinajstić information content (AvgIpc) is 2.63. The monoisotopic (exact) mass is 360 g/mol. The molecule has 2 aromatic rings. The van der Waals surface area contributed by atoms with Crippen LogP contribution in [0.25, 0.3) is 0 Å². The van der Waals surface area contributed by atoms with Crippen molar-refractivity contribution in [1.82, 2.24) is 5.32 Å². The molecule has 0 spiro atoms. The van der Waals surface area contributed by atoms with E-state index in [0.717, 1.165) is 5.56 Å². The van der Waals surface area contributed by atoms with Gasteiger partial charge in [0.2, 0.25) is 0 Å². The molecular formula is C19H24N2O5. The lowest BCUT2D eigenvalue weighted by molar-refractivity contribution is 0.168. The summed E-state index contributed by atoms with van der Waals surface area (Å²) in [6, 6.07) is 13.4. The number of benzene rings is 2. The van der Waals surface area contributed by atoms with Crippen LogP contribution >= 0.6 is 0 Å². The third-order valence-corrected chi connectivity index (χ3v) is 3.54. The van der Waals surface area contributed by atoms with Gasteiger partial charge in [-0.1, -0.05) is 12.1 Å².